The van der Waals surface area contributed by atoms with Crippen molar-refractivity contribution in [3.05, 3.63) is 46.4 Å². The van der Waals surface area contributed by atoms with Crippen molar-refractivity contribution in [2.24, 2.45) is 0 Å². The van der Waals surface area contributed by atoms with Crippen LogP contribution < -0.4 is 11.1 Å². The van der Waals surface area contributed by atoms with Gasteiger partial charge in [0.2, 0.25) is 5.91 Å². The summed E-state index contributed by atoms with van der Waals surface area (Å²) in [6, 6.07) is 5.25. The molecule has 0 spiro atoms. The highest BCUT2D eigenvalue weighted by atomic mass is 32.1. The van der Waals surface area contributed by atoms with Crippen LogP contribution >= 0.6 is 11.3 Å². The molecule has 0 aliphatic heterocycles. The Labute approximate surface area is 115 Å². The van der Waals surface area contributed by atoms with Crippen molar-refractivity contribution in [2.45, 2.75) is 12.5 Å². The number of hydrogen-bond acceptors (Lipinski definition) is 5. The summed E-state index contributed by atoms with van der Waals surface area (Å²) < 4.78 is 0. The first-order valence-electron chi connectivity index (χ1n) is 5.82. The highest BCUT2D eigenvalue weighted by molar-refractivity contribution is 7.07. The smallest absolute Gasteiger partial charge is 0.226 e. The standard InChI is InChI=1S/C13H15N3O2S/c14-10-1-2-11(15-6-10)5-13(18)16-7-12(17)9-3-4-19-8-9/h1-4,6,8,12,17H,5,7,14H2,(H,16,18). The van der Waals surface area contributed by atoms with Gasteiger partial charge < -0.3 is 16.2 Å². The van der Waals surface area contributed by atoms with Crippen LogP contribution in [0.2, 0.25) is 0 Å². The Hall–Kier alpha value is -1.92. The molecule has 0 saturated heterocycles. The van der Waals surface area contributed by atoms with Gasteiger partial charge in [0.15, 0.2) is 0 Å². The number of carbonyl (C=O) groups excluding carboxylic acids is 1. The highest BCUT2D eigenvalue weighted by Crippen LogP contribution is 2.15. The van der Waals surface area contributed by atoms with E-state index in [9.17, 15) is 9.90 Å². The van der Waals surface area contributed by atoms with Gasteiger partial charge in [-0.2, -0.15) is 11.3 Å². The van der Waals surface area contributed by atoms with Crippen molar-refractivity contribution in [1.82, 2.24) is 10.3 Å². The summed E-state index contributed by atoms with van der Waals surface area (Å²) in [6.07, 6.45) is 1.02. The van der Waals surface area contributed by atoms with Crippen LogP contribution in [0.1, 0.15) is 17.4 Å². The number of nitrogen functional groups attached to an aromatic ring is 1. The summed E-state index contributed by atoms with van der Waals surface area (Å²) in [5, 5.41) is 16.2. The van der Waals surface area contributed by atoms with E-state index in [1.807, 2.05) is 16.8 Å². The number of aromatic nitrogens is 1. The van der Waals surface area contributed by atoms with Crippen molar-refractivity contribution in [2.75, 3.05) is 12.3 Å². The lowest BCUT2D eigenvalue weighted by molar-refractivity contribution is -0.120. The van der Waals surface area contributed by atoms with Crippen molar-refractivity contribution < 1.29 is 9.90 Å². The molecule has 1 atom stereocenters. The molecule has 1 unspecified atom stereocenters. The molecule has 2 rings (SSSR count). The Morgan fingerprint density at radius 1 is 1.47 bits per heavy atom. The molecule has 4 N–H and O–H groups in total. The fraction of sp³-hybridized carbons (Fsp3) is 0.231. The Morgan fingerprint density at radius 2 is 2.32 bits per heavy atom. The number of pyridine rings is 1. The zero-order valence-corrected chi connectivity index (χ0v) is 11.1. The Morgan fingerprint density at radius 3 is 2.95 bits per heavy atom. The van der Waals surface area contributed by atoms with Crippen LogP contribution in [0.15, 0.2) is 35.2 Å². The predicted molar refractivity (Wildman–Crippen MR) is 74.6 cm³/mol. The minimum atomic E-state index is -0.672. The molecule has 5 nitrogen and oxygen atoms in total. The number of aliphatic hydroxyl groups is 1. The number of amides is 1. The molecular formula is C13H15N3O2S. The van der Waals surface area contributed by atoms with E-state index in [1.54, 1.807) is 12.1 Å². The molecule has 0 aliphatic carbocycles. The molecule has 0 bridgehead atoms. The number of carbonyl (C=O) groups is 1. The van der Waals surface area contributed by atoms with Gasteiger partial charge in [-0.15, -0.1) is 0 Å². The van der Waals surface area contributed by atoms with E-state index in [0.717, 1.165) is 5.56 Å². The molecule has 2 aromatic heterocycles. The van der Waals surface area contributed by atoms with Crippen LogP contribution in [0, 0.1) is 0 Å². The Kier molecular flexibility index (Phi) is 4.48. The van der Waals surface area contributed by atoms with E-state index < -0.39 is 6.10 Å². The summed E-state index contributed by atoms with van der Waals surface area (Å²) >= 11 is 1.51. The number of nitrogens with one attached hydrogen (secondary N) is 1. The van der Waals surface area contributed by atoms with Gasteiger partial charge in [0, 0.05) is 12.2 Å². The average Bonchev–Trinajstić information content (AvgIpc) is 2.93. The monoisotopic (exact) mass is 277 g/mol. The van der Waals surface area contributed by atoms with Crippen LogP contribution in [0.5, 0.6) is 0 Å². The molecule has 2 aromatic rings. The Balaban J connectivity index is 1.80. The molecule has 0 radical (unpaired) electrons. The van der Waals surface area contributed by atoms with Gasteiger partial charge in [-0.05, 0) is 34.5 Å². The minimum Gasteiger partial charge on any atom is -0.397 e. The van der Waals surface area contributed by atoms with E-state index in [-0.39, 0.29) is 18.9 Å². The fourth-order valence-electron chi connectivity index (χ4n) is 1.56. The van der Waals surface area contributed by atoms with Gasteiger partial charge in [-0.25, -0.2) is 0 Å². The van der Waals surface area contributed by atoms with Crippen molar-refractivity contribution in [3.8, 4) is 0 Å². The number of nitrogens with zero attached hydrogens (tertiary/aromatic N) is 1. The molecule has 0 fully saturated rings. The minimum absolute atomic E-state index is 0.174. The van der Waals surface area contributed by atoms with Gasteiger partial charge in [0.05, 0.1) is 24.4 Å². The molecule has 0 aliphatic rings. The fourth-order valence-corrected chi connectivity index (χ4v) is 2.27. The topological polar surface area (TPSA) is 88.2 Å². The molecule has 0 aromatic carbocycles. The maximum Gasteiger partial charge on any atom is 0.226 e. The number of anilines is 1. The second-order valence-corrected chi connectivity index (χ2v) is 4.92. The van der Waals surface area contributed by atoms with Gasteiger partial charge in [0.25, 0.3) is 0 Å². The second kappa shape index (κ2) is 6.31. The summed E-state index contributed by atoms with van der Waals surface area (Å²) in [6.45, 7) is 0.199. The zero-order chi connectivity index (χ0) is 13.7. The first-order chi connectivity index (χ1) is 9.15. The van der Waals surface area contributed by atoms with Crippen LogP contribution in [-0.4, -0.2) is 22.5 Å². The van der Waals surface area contributed by atoms with Crippen LogP contribution in [0.4, 0.5) is 5.69 Å². The number of aliphatic hydroxyl groups excluding tert-OH is 1. The molecule has 0 saturated carbocycles. The largest absolute Gasteiger partial charge is 0.397 e. The predicted octanol–water partition coefficient (Wildman–Crippen LogP) is 1.12. The first-order valence-corrected chi connectivity index (χ1v) is 6.76. The number of hydrogen-bond donors (Lipinski definition) is 3. The number of nitrogens with two attached hydrogens (primary N) is 1. The maximum atomic E-state index is 11.7. The summed E-state index contributed by atoms with van der Waals surface area (Å²) in [5.41, 5.74) is 7.55. The van der Waals surface area contributed by atoms with E-state index in [4.69, 9.17) is 5.73 Å². The second-order valence-electron chi connectivity index (χ2n) is 4.14. The summed E-state index contributed by atoms with van der Waals surface area (Å²) in [5.74, 6) is -0.174. The molecular weight excluding hydrogens is 262 g/mol. The lowest BCUT2D eigenvalue weighted by atomic mass is 10.2. The molecule has 19 heavy (non-hydrogen) atoms. The van der Waals surface area contributed by atoms with Gasteiger partial charge in [-0.1, -0.05) is 0 Å². The zero-order valence-electron chi connectivity index (χ0n) is 10.2. The average molecular weight is 277 g/mol. The van der Waals surface area contributed by atoms with E-state index in [1.165, 1.54) is 17.5 Å². The van der Waals surface area contributed by atoms with Crippen LogP contribution in [-0.2, 0) is 11.2 Å². The molecule has 100 valence electrons. The maximum absolute atomic E-state index is 11.7. The van der Waals surface area contributed by atoms with Crippen molar-refractivity contribution >= 4 is 22.9 Å². The van der Waals surface area contributed by atoms with E-state index in [0.29, 0.717) is 11.4 Å². The summed E-state index contributed by atoms with van der Waals surface area (Å²) in [4.78, 5) is 15.7. The third-order valence-electron chi connectivity index (χ3n) is 2.61. The SMILES string of the molecule is Nc1ccc(CC(=O)NCC(O)c2ccsc2)nc1. The van der Waals surface area contributed by atoms with Gasteiger partial charge in [0.1, 0.15) is 0 Å². The van der Waals surface area contributed by atoms with Gasteiger partial charge in [-0.3, -0.25) is 9.78 Å². The molecule has 6 heteroatoms. The van der Waals surface area contributed by atoms with Gasteiger partial charge >= 0.3 is 0 Å². The number of rotatable bonds is 5. The van der Waals surface area contributed by atoms with Crippen LogP contribution in [0.3, 0.4) is 0 Å². The summed E-state index contributed by atoms with van der Waals surface area (Å²) in [7, 11) is 0. The molecule has 2 heterocycles. The number of thiophene rings is 1. The Bertz CT molecular complexity index is 525. The first kappa shape index (κ1) is 13.5. The highest BCUT2D eigenvalue weighted by Gasteiger charge is 2.10. The van der Waals surface area contributed by atoms with E-state index >= 15 is 0 Å². The lowest BCUT2D eigenvalue weighted by Gasteiger charge is -2.10. The third-order valence-corrected chi connectivity index (χ3v) is 3.31. The van der Waals surface area contributed by atoms with Crippen LogP contribution in [0.25, 0.3) is 0 Å². The third kappa shape index (κ3) is 4.04. The quantitative estimate of drug-likeness (QED) is 0.764. The van der Waals surface area contributed by atoms with Crippen molar-refractivity contribution in [3.63, 3.8) is 0 Å². The van der Waals surface area contributed by atoms with E-state index in [2.05, 4.69) is 10.3 Å². The van der Waals surface area contributed by atoms with Crippen molar-refractivity contribution in [1.29, 1.82) is 0 Å². The lowest BCUT2D eigenvalue weighted by Crippen LogP contribution is -2.29. The molecule has 1 amide bonds. The normalized spacial score (nSPS) is 12.1.